The maximum absolute atomic E-state index is 12.2. The van der Waals surface area contributed by atoms with E-state index >= 15 is 0 Å². The van der Waals surface area contributed by atoms with Crippen LogP contribution < -0.4 is 10.9 Å². The van der Waals surface area contributed by atoms with Crippen molar-refractivity contribution in [3.63, 3.8) is 0 Å². The van der Waals surface area contributed by atoms with Crippen molar-refractivity contribution < 1.29 is 14.3 Å². The summed E-state index contributed by atoms with van der Waals surface area (Å²) >= 11 is 0. The van der Waals surface area contributed by atoms with Crippen LogP contribution in [-0.2, 0) is 9.53 Å². The van der Waals surface area contributed by atoms with Gasteiger partial charge in [-0.25, -0.2) is 0 Å². The first-order chi connectivity index (χ1) is 12.5. The molecule has 138 valence electrons. The summed E-state index contributed by atoms with van der Waals surface area (Å²) in [6, 6.07) is 13.3. The van der Waals surface area contributed by atoms with Gasteiger partial charge in [0.05, 0.1) is 12.2 Å². The fourth-order valence-electron chi connectivity index (χ4n) is 3.32. The lowest BCUT2D eigenvalue weighted by Gasteiger charge is -2.35. The molecule has 0 aliphatic carbocycles. The third-order valence-corrected chi connectivity index (χ3v) is 4.48. The largest absolute Gasteiger partial charge is 0.373 e. The zero-order valence-corrected chi connectivity index (χ0v) is 15.2. The molecule has 2 aromatic rings. The van der Waals surface area contributed by atoms with E-state index in [0.29, 0.717) is 18.5 Å². The number of benzene rings is 2. The van der Waals surface area contributed by atoms with E-state index < -0.39 is 0 Å². The molecule has 0 radical (unpaired) electrons. The first-order valence-corrected chi connectivity index (χ1v) is 8.97. The molecule has 1 aliphatic heterocycles. The summed E-state index contributed by atoms with van der Waals surface area (Å²) in [7, 11) is 0. The molecule has 6 heteroatoms. The summed E-state index contributed by atoms with van der Waals surface area (Å²) < 4.78 is 5.68. The molecule has 2 aromatic carbocycles. The molecule has 1 heterocycles. The number of hydrogen-bond acceptors (Lipinski definition) is 4. The second-order valence-electron chi connectivity index (χ2n) is 6.83. The molecule has 2 N–H and O–H groups in total. The minimum atomic E-state index is -0.322. The van der Waals surface area contributed by atoms with E-state index in [9.17, 15) is 9.59 Å². The molecular weight excluding hydrogens is 330 g/mol. The van der Waals surface area contributed by atoms with Crippen LogP contribution >= 0.6 is 0 Å². The molecule has 0 bridgehead atoms. The van der Waals surface area contributed by atoms with Gasteiger partial charge in [0, 0.05) is 31.6 Å². The molecule has 1 saturated heterocycles. The Morgan fingerprint density at radius 1 is 1.04 bits per heavy atom. The van der Waals surface area contributed by atoms with Gasteiger partial charge < -0.3 is 4.74 Å². The normalized spacial score (nSPS) is 20.7. The molecule has 1 aliphatic rings. The Hall–Kier alpha value is -2.44. The standard InChI is InChI=1S/C20H25N3O3/c1-14-12-23(13-15(2)26-14)10-9-19(24)21-22-20(25)18-8-7-16-5-3-4-6-17(16)11-18/h3-8,11,14-15H,9-10,12-13H2,1-2H3,(H,21,24)(H,22,25)/t14-,15+. The van der Waals surface area contributed by atoms with Crippen molar-refractivity contribution in [3.8, 4) is 0 Å². The highest BCUT2D eigenvalue weighted by atomic mass is 16.5. The molecule has 0 saturated carbocycles. The fourth-order valence-corrected chi connectivity index (χ4v) is 3.32. The van der Waals surface area contributed by atoms with Gasteiger partial charge in [0.25, 0.3) is 5.91 Å². The molecule has 2 amide bonds. The smallest absolute Gasteiger partial charge is 0.269 e. The van der Waals surface area contributed by atoms with E-state index in [1.54, 1.807) is 6.07 Å². The van der Waals surface area contributed by atoms with E-state index in [-0.39, 0.29) is 24.0 Å². The average Bonchev–Trinajstić information content (AvgIpc) is 2.63. The lowest BCUT2D eigenvalue weighted by molar-refractivity contribution is -0.123. The summed E-state index contributed by atoms with van der Waals surface area (Å²) in [6.45, 7) is 6.36. The molecule has 0 aromatic heterocycles. The third-order valence-electron chi connectivity index (χ3n) is 4.48. The zero-order chi connectivity index (χ0) is 18.5. The Balaban J connectivity index is 1.46. The van der Waals surface area contributed by atoms with E-state index in [4.69, 9.17) is 4.74 Å². The summed E-state index contributed by atoms with van der Waals surface area (Å²) in [5.41, 5.74) is 5.50. The zero-order valence-electron chi connectivity index (χ0n) is 15.2. The summed E-state index contributed by atoms with van der Waals surface area (Å²) in [6.07, 6.45) is 0.682. The van der Waals surface area contributed by atoms with Gasteiger partial charge in [0.1, 0.15) is 0 Å². The Morgan fingerprint density at radius 2 is 1.73 bits per heavy atom. The molecule has 26 heavy (non-hydrogen) atoms. The van der Waals surface area contributed by atoms with Crippen LogP contribution in [0.2, 0.25) is 0 Å². The van der Waals surface area contributed by atoms with Crippen molar-refractivity contribution in [3.05, 3.63) is 48.0 Å². The van der Waals surface area contributed by atoms with Gasteiger partial charge in [-0.15, -0.1) is 0 Å². The van der Waals surface area contributed by atoms with Crippen molar-refractivity contribution in [2.45, 2.75) is 32.5 Å². The summed E-state index contributed by atoms with van der Waals surface area (Å²) in [4.78, 5) is 26.5. The number of morpholine rings is 1. The number of fused-ring (bicyclic) bond motifs is 1. The lowest BCUT2D eigenvalue weighted by atomic mass is 10.1. The number of carbonyl (C=O) groups excluding carboxylic acids is 2. The monoisotopic (exact) mass is 355 g/mol. The van der Waals surface area contributed by atoms with E-state index in [1.807, 2.05) is 50.2 Å². The van der Waals surface area contributed by atoms with Crippen LogP contribution in [-0.4, -0.2) is 48.6 Å². The van der Waals surface area contributed by atoms with E-state index in [1.165, 1.54) is 0 Å². The second kappa shape index (κ2) is 8.29. The SMILES string of the molecule is C[C@@H]1CN(CCC(=O)NNC(=O)c2ccc3ccccc3c2)C[C@H](C)O1. The number of amides is 2. The maximum atomic E-state index is 12.2. The molecular formula is C20H25N3O3. The predicted molar refractivity (Wildman–Crippen MR) is 101 cm³/mol. The average molecular weight is 355 g/mol. The van der Waals surface area contributed by atoms with Gasteiger partial charge in [-0.3, -0.25) is 25.3 Å². The van der Waals surface area contributed by atoms with Crippen LogP contribution in [0.25, 0.3) is 10.8 Å². The molecule has 0 unspecified atom stereocenters. The van der Waals surface area contributed by atoms with Crippen LogP contribution in [0.3, 0.4) is 0 Å². The fraction of sp³-hybridized carbons (Fsp3) is 0.400. The van der Waals surface area contributed by atoms with Gasteiger partial charge in [-0.1, -0.05) is 30.3 Å². The molecule has 1 fully saturated rings. The van der Waals surface area contributed by atoms with Crippen molar-refractivity contribution in [1.82, 2.24) is 15.8 Å². The van der Waals surface area contributed by atoms with Crippen molar-refractivity contribution in [2.75, 3.05) is 19.6 Å². The predicted octanol–water partition coefficient (Wildman–Crippen LogP) is 2.10. The first kappa shape index (κ1) is 18.4. The van der Waals surface area contributed by atoms with Crippen LogP contribution in [0.15, 0.2) is 42.5 Å². The second-order valence-corrected chi connectivity index (χ2v) is 6.83. The highest BCUT2D eigenvalue weighted by Gasteiger charge is 2.22. The maximum Gasteiger partial charge on any atom is 0.269 e. The van der Waals surface area contributed by atoms with Gasteiger partial charge in [0.15, 0.2) is 0 Å². The van der Waals surface area contributed by atoms with Gasteiger partial charge in [-0.2, -0.15) is 0 Å². The minimum absolute atomic E-state index is 0.175. The van der Waals surface area contributed by atoms with E-state index in [0.717, 1.165) is 23.9 Å². The lowest BCUT2D eigenvalue weighted by Crippen LogP contribution is -2.47. The van der Waals surface area contributed by atoms with Gasteiger partial charge >= 0.3 is 0 Å². The Kier molecular flexibility index (Phi) is 5.85. The number of carbonyl (C=O) groups is 2. The number of hydrogen-bond donors (Lipinski definition) is 2. The molecule has 0 spiro atoms. The number of ether oxygens (including phenoxy) is 1. The van der Waals surface area contributed by atoms with Gasteiger partial charge in [-0.05, 0) is 36.8 Å². The van der Waals surface area contributed by atoms with E-state index in [2.05, 4.69) is 15.8 Å². The minimum Gasteiger partial charge on any atom is -0.373 e. The quantitative estimate of drug-likeness (QED) is 0.824. The third kappa shape index (κ3) is 4.80. The van der Waals surface area contributed by atoms with Crippen molar-refractivity contribution in [1.29, 1.82) is 0 Å². The number of nitrogens with zero attached hydrogens (tertiary/aromatic N) is 1. The Bertz CT molecular complexity index is 783. The number of rotatable bonds is 4. The van der Waals surface area contributed by atoms with Crippen LogP contribution in [0.5, 0.6) is 0 Å². The molecule has 3 rings (SSSR count). The summed E-state index contributed by atoms with van der Waals surface area (Å²) in [5.74, 6) is -0.524. The Labute approximate surface area is 153 Å². The summed E-state index contributed by atoms with van der Waals surface area (Å²) in [5, 5.41) is 2.06. The van der Waals surface area contributed by atoms with Crippen molar-refractivity contribution in [2.24, 2.45) is 0 Å². The van der Waals surface area contributed by atoms with Crippen LogP contribution in [0.1, 0.15) is 30.6 Å². The first-order valence-electron chi connectivity index (χ1n) is 8.97. The molecule has 2 atom stereocenters. The van der Waals surface area contributed by atoms with Crippen molar-refractivity contribution >= 4 is 22.6 Å². The van der Waals surface area contributed by atoms with Crippen LogP contribution in [0.4, 0.5) is 0 Å². The highest BCUT2D eigenvalue weighted by Crippen LogP contribution is 2.15. The van der Waals surface area contributed by atoms with Crippen LogP contribution in [0, 0.1) is 0 Å². The number of nitrogens with one attached hydrogen (secondary N) is 2. The topological polar surface area (TPSA) is 70.7 Å². The number of hydrazine groups is 1. The highest BCUT2D eigenvalue weighted by molar-refractivity contribution is 5.99. The van der Waals surface area contributed by atoms with Gasteiger partial charge in [0.2, 0.25) is 5.91 Å². The molecule has 6 nitrogen and oxygen atoms in total. The Morgan fingerprint density at radius 3 is 2.46 bits per heavy atom.